The third kappa shape index (κ3) is 9.60. The van der Waals surface area contributed by atoms with Gasteiger partial charge in [-0.05, 0) is 39.2 Å². The van der Waals surface area contributed by atoms with Crippen LogP contribution in [0.3, 0.4) is 0 Å². The Morgan fingerprint density at radius 1 is 0.941 bits per heavy atom. The second-order valence-electron chi connectivity index (χ2n) is 7.10. The minimum atomic E-state index is -2.87. The summed E-state index contributed by atoms with van der Waals surface area (Å²) in [5.74, 6) is 0.244. The van der Waals surface area contributed by atoms with Gasteiger partial charge in [0.2, 0.25) is 0 Å². The molecule has 0 N–H and O–H groups in total. The van der Waals surface area contributed by atoms with Crippen LogP contribution in [0.4, 0.5) is 0 Å². The van der Waals surface area contributed by atoms with Crippen molar-refractivity contribution in [2.75, 3.05) is 25.1 Å². The highest BCUT2D eigenvalue weighted by Crippen LogP contribution is 2.22. The van der Waals surface area contributed by atoms with E-state index >= 15 is 0 Å². The maximum absolute atomic E-state index is 11.2. The average Bonchev–Trinajstić information content (AvgIpc) is 1.96. The zero-order valence-corrected chi connectivity index (χ0v) is 13.3. The lowest BCUT2D eigenvalue weighted by molar-refractivity contribution is 0.126. The van der Waals surface area contributed by atoms with Crippen LogP contribution in [0.2, 0.25) is 0 Å². The first kappa shape index (κ1) is 16.9. The number of hydrogen-bond donors (Lipinski definition) is 0. The summed E-state index contributed by atoms with van der Waals surface area (Å²) in [6, 6.07) is 0. The van der Waals surface area contributed by atoms with Crippen molar-refractivity contribution >= 4 is 9.84 Å². The monoisotopic (exact) mass is 263 g/mol. The highest BCUT2D eigenvalue weighted by Gasteiger charge is 2.23. The van der Waals surface area contributed by atoms with Gasteiger partial charge >= 0.3 is 0 Å². The molecule has 104 valence electrons. The largest absolute Gasteiger partial charge is 0.297 e. The van der Waals surface area contributed by atoms with E-state index in [-0.39, 0.29) is 16.7 Å². The molecule has 0 unspecified atom stereocenters. The maximum Gasteiger partial charge on any atom is 0.148 e. The zero-order valence-electron chi connectivity index (χ0n) is 12.5. The second kappa shape index (κ2) is 5.70. The van der Waals surface area contributed by atoms with E-state index in [1.54, 1.807) is 0 Å². The van der Waals surface area contributed by atoms with E-state index < -0.39 is 9.84 Å². The lowest BCUT2D eigenvalue weighted by atomic mass is 9.91. The number of hydrogen-bond acceptors (Lipinski definition) is 3. The molecule has 0 aromatic carbocycles. The average molecular weight is 263 g/mol. The maximum atomic E-state index is 11.2. The minimum Gasteiger partial charge on any atom is -0.297 e. The summed E-state index contributed by atoms with van der Waals surface area (Å²) >= 11 is 0. The molecule has 0 aliphatic rings. The van der Waals surface area contributed by atoms with Crippen LogP contribution in [-0.2, 0) is 9.84 Å². The van der Waals surface area contributed by atoms with Crippen LogP contribution in [-0.4, -0.2) is 44.0 Å². The van der Waals surface area contributed by atoms with Crippen LogP contribution in [0.1, 0.15) is 48.0 Å². The van der Waals surface area contributed by atoms with Crippen molar-refractivity contribution in [3.05, 3.63) is 0 Å². The normalized spacial score (nSPS) is 14.4. The molecule has 0 bridgehead atoms. The Bertz CT molecular complexity index is 320. The number of rotatable bonds is 5. The van der Waals surface area contributed by atoms with E-state index in [9.17, 15) is 8.42 Å². The standard InChI is InChI=1S/C13H29NO2S/c1-12(2,3)8-9-14(13(4,5)6)10-11-17(7,15)16/h8-11H2,1-7H3. The molecule has 0 aliphatic heterocycles. The van der Waals surface area contributed by atoms with Gasteiger partial charge in [0.1, 0.15) is 9.84 Å². The Morgan fingerprint density at radius 2 is 1.41 bits per heavy atom. The fourth-order valence-electron chi connectivity index (χ4n) is 1.53. The molecule has 0 saturated heterocycles. The van der Waals surface area contributed by atoms with Crippen molar-refractivity contribution in [1.29, 1.82) is 0 Å². The Hall–Kier alpha value is -0.0900. The van der Waals surface area contributed by atoms with E-state index in [0.717, 1.165) is 13.0 Å². The summed E-state index contributed by atoms with van der Waals surface area (Å²) < 4.78 is 22.5. The molecule has 0 saturated carbocycles. The first-order chi connectivity index (χ1) is 7.31. The van der Waals surface area contributed by atoms with Gasteiger partial charge in [-0.25, -0.2) is 8.42 Å². The van der Waals surface area contributed by atoms with Crippen molar-refractivity contribution in [3.63, 3.8) is 0 Å². The number of nitrogens with zero attached hydrogens (tertiary/aromatic N) is 1. The minimum absolute atomic E-state index is 0.0238. The highest BCUT2D eigenvalue weighted by molar-refractivity contribution is 7.90. The van der Waals surface area contributed by atoms with Gasteiger partial charge in [0.25, 0.3) is 0 Å². The molecule has 0 fully saturated rings. The van der Waals surface area contributed by atoms with Gasteiger partial charge in [0.05, 0.1) is 5.75 Å². The van der Waals surface area contributed by atoms with Crippen LogP contribution >= 0.6 is 0 Å². The Labute approximate surface area is 108 Å². The van der Waals surface area contributed by atoms with Gasteiger partial charge in [-0.3, -0.25) is 4.90 Å². The summed E-state index contributed by atoms with van der Waals surface area (Å²) in [6.45, 7) is 14.6. The van der Waals surface area contributed by atoms with Gasteiger partial charge in [-0.1, -0.05) is 20.8 Å². The Morgan fingerprint density at radius 3 is 1.71 bits per heavy atom. The topological polar surface area (TPSA) is 37.4 Å². The molecular weight excluding hydrogens is 234 g/mol. The third-order valence-corrected chi connectivity index (χ3v) is 3.74. The van der Waals surface area contributed by atoms with Crippen molar-refractivity contribution in [1.82, 2.24) is 4.90 Å². The third-order valence-electron chi connectivity index (χ3n) is 2.81. The molecule has 17 heavy (non-hydrogen) atoms. The molecule has 4 heteroatoms. The van der Waals surface area contributed by atoms with Crippen molar-refractivity contribution in [2.24, 2.45) is 5.41 Å². The van der Waals surface area contributed by atoms with Gasteiger partial charge in [-0.2, -0.15) is 0 Å². The summed E-state index contributed by atoms with van der Waals surface area (Å²) in [5, 5.41) is 0. The van der Waals surface area contributed by atoms with E-state index in [1.807, 2.05) is 0 Å². The summed E-state index contributed by atoms with van der Waals surface area (Å²) in [4.78, 5) is 2.26. The van der Waals surface area contributed by atoms with E-state index in [2.05, 4.69) is 46.4 Å². The summed E-state index contributed by atoms with van der Waals surface area (Å²) in [7, 11) is -2.87. The fourth-order valence-corrected chi connectivity index (χ4v) is 2.08. The molecule has 0 aliphatic carbocycles. The van der Waals surface area contributed by atoms with E-state index in [1.165, 1.54) is 6.26 Å². The Kier molecular flexibility index (Phi) is 5.67. The second-order valence-corrected chi connectivity index (χ2v) is 9.36. The van der Waals surface area contributed by atoms with Crippen LogP contribution in [0.25, 0.3) is 0 Å². The summed E-state index contributed by atoms with van der Waals surface area (Å²) in [6.07, 6.45) is 2.38. The van der Waals surface area contributed by atoms with Crippen LogP contribution < -0.4 is 0 Å². The van der Waals surface area contributed by atoms with Crippen molar-refractivity contribution in [3.8, 4) is 0 Å². The molecule has 0 aromatic rings. The van der Waals surface area contributed by atoms with Crippen LogP contribution in [0.15, 0.2) is 0 Å². The van der Waals surface area contributed by atoms with Crippen molar-refractivity contribution < 1.29 is 8.42 Å². The Balaban J connectivity index is 4.47. The van der Waals surface area contributed by atoms with E-state index in [4.69, 9.17) is 0 Å². The van der Waals surface area contributed by atoms with Gasteiger partial charge in [-0.15, -0.1) is 0 Å². The first-order valence-corrected chi connectivity index (χ1v) is 8.30. The predicted octanol–water partition coefficient (Wildman–Crippen LogP) is 2.57. The van der Waals surface area contributed by atoms with Gasteiger partial charge < -0.3 is 0 Å². The molecule has 0 radical (unpaired) electrons. The molecule has 0 rings (SSSR count). The van der Waals surface area contributed by atoms with Crippen molar-refractivity contribution in [2.45, 2.75) is 53.5 Å². The molecule has 0 heterocycles. The van der Waals surface area contributed by atoms with Gasteiger partial charge in [0, 0.05) is 18.3 Å². The summed E-state index contributed by atoms with van der Waals surface area (Å²) in [5.41, 5.74) is 0.310. The fraction of sp³-hybridized carbons (Fsp3) is 1.00. The molecular formula is C13H29NO2S. The quantitative estimate of drug-likeness (QED) is 0.765. The smallest absolute Gasteiger partial charge is 0.148 e. The molecule has 0 spiro atoms. The lowest BCUT2D eigenvalue weighted by Gasteiger charge is -2.37. The number of sulfone groups is 1. The van der Waals surface area contributed by atoms with Gasteiger partial charge in [0.15, 0.2) is 0 Å². The molecule has 3 nitrogen and oxygen atoms in total. The van der Waals surface area contributed by atoms with Crippen LogP contribution in [0, 0.1) is 5.41 Å². The zero-order chi connectivity index (χ0) is 13.9. The SMILES string of the molecule is CC(C)(C)CCN(CCS(C)(=O)=O)C(C)(C)C. The van der Waals surface area contributed by atoms with E-state index in [0.29, 0.717) is 6.54 Å². The molecule has 0 atom stereocenters. The molecule has 0 amide bonds. The highest BCUT2D eigenvalue weighted by atomic mass is 32.2. The predicted molar refractivity (Wildman–Crippen MR) is 75.1 cm³/mol. The lowest BCUT2D eigenvalue weighted by Crippen LogP contribution is -2.45. The van der Waals surface area contributed by atoms with Crippen LogP contribution in [0.5, 0.6) is 0 Å². The molecule has 0 aromatic heterocycles. The first-order valence-electron chi connectivity index (χ1n) is 6.24.